The summed E-state index contributed by atoms with van der Waals surface area (Å²) >= 11 is 0. The predicted molar refractivity (Wildman–Crippen MR) is 63.8 cm³/mol. The molecule has 1 rings (SSSR count). The predicted octanol–water partition coefficient (Wildman–Crippen LogP) is 3.10. The van der Waals surface area contributed by atoms with Crippen LogP contribution in [0.25, 0.3) is 6.08 Å². The third-order valence-corrected chi connectivity index (χ3v) is 2.22. The molecule has 0 aliphatic carbocycles. The van der Waals surface area contributed by atoms with Crippen molar-refractivity contribution < 1.29 is 27.6 Å². The standard InChI is InChI=1S/C12H10F3NO4/c1-2-20-11(17)10(12(13,14)15)7-8-3-5-9(6-4-8)16(18)19/h3-7H,2H2,1H3/b10-7-. The zero-order chi connectivity index (χ0) is 15.3. The van der Waals surface area contributed by atoms with Crippen LogP contribution in [0.2, 0.25) is 0 Å². The van der Waals surface area contributed by atoms with Gasteiger partial charge in [-0.2, -0.15) is 13.2 Å². The fraction of sp³-hybridized carbons (Fsp3) is 0.250. The number of nitro groups is 1. The quantitative estimate of drug-likeness (QED) is 0.369. The molecule has 0 N–H and O–H groups in total. The molecule has 0 saturated carbocycles. The Morgan fingerprint density at radius 3 is 2.30 bits per heavy atom. The lowest BCUT2D eigenvalue weighted by atomic mass is 10.1. The first kappa shape index (κ1) is 15.7. The van der Waals surface area contributed by atoms with Crippen molar-refractivity contribution in [1.82, 2.24) is 0 Å². The number of non-ortho nitro benzene ring substituents is 1. The Hall–Kier alpha value is -2.38. The maximum Gasteiger partial charge on any atom is 0.423 e. The minimum Gasteiger partial charge on any atom is -0.462 e. The number of alkyl halides is 3. The fourth-order valence-corrected chi connectivity index (χ4v) is 1.32. The number of esters is 1. The number of hydrogen-bond donors (Lipinski definition) is 0. The van der Waals surface area contributed by atoms with Gasteiger partial charge in [-0.3, -0.25) is 10.1 Å². The Morgan fingerprint density at radius 1 is 1.35 bits per heavy atom. The highest BCUT2D eigenvalue weighted by Gasteiger charge is 2.39. The highest BCUT2D eigenvalue weighted by molar-refractivity contribution is 5.95. The van der Waals surface area contributed by atoms with Crippen LogP contribution in [-0.2, 0) is 9.53 Å². The molecule has 0 amide bonds. The summed E-state index contributed by atoms with van der Waals surface area (Å²) in [7, 11) is 0. The summed E-state index contributed by atoms with van der Waals surface area (Å²) in [6.07, 6.45) is -4.28. The van der Waals surface area contributed by atoms with Crippen molar-refractivity contribution in [2.24, 2.45) is 0 Å². The largest absolute Gasteiger partial charge is 0.462 e. The van der Waals surface area contributed by atoms with E-state index < -0.39 is 22.6 Å². The van der Waals surface area contributed by atoms with Crippen molar-refractivity contribution >= 4 is 17.7 Å². The van der Waals surface area contributed by atoms with Gasteiger partial charge in [-0.25, -0.2) is 4.79 Å². The van der Waals surface area contributed by atoms with Gasteiger partial charge in [-0.15, -0.1) is 0 Å². The molecule has 0 radical (unpaired) electrons. The van der Waals surface area contributed by atoms with Crippen molar-refractivity contribution in [3.05, 3.63) is 45.5 Å². The summed E-state index contributed by atoms with van der Waals surface area (Å²) in [6, 6.07) is 4.32. The molecule has 0 heterocycles. The second-order valence-electron chi connectivity index (χ2n) is 3.62. The van der Waals surface area contributed by atoms with Gasteiger partial charge < -0.3 is 4.74 Å². The molecule has 0 aliphatic heterocycles. The van der Waals surface area contributed by atoms with Crippen LogP contribution in [0.1, 0.15) is 12.5 Å². The Kier molecular flexibility index (Phi) is 4.84. The van der Waals surface area contributed by atoms with Crippen LogP contribution >= 0.6 is 0 Å². The van der Waals surface area contributed by atoms with Gasteiger partial charge in [0, 0.05) is 12.1 Å². The topological polar surface area (TPSA) is 69.4 Å². The number of nitrogens with zero attached hydrogens (tertiary/aromatic N) is 1. The van der Waals surface area contributed by atoms with Crippen LogP contribution in [0.3, 0.4) is 0 Å². The van der Waals surface area contributed by atoms with Gasteiger partial charge in [-0.05, 0) is 30.7 Å². The van der Waals surface area contributed by atoms with Gasteiger partial charge in [0.2, 0.25) is 0 Å². The molecule has 0 bridgehead atoms. The Bertz CT molecular complexity index is 535. The molecule has 108 valence electrons. The molecule has 0 aliphatic rings. The second kappa shape index (κ2) is 6.18. The third-order valence-electron chi connectivity index (χ3n) is 2.22. The summed E-state index contributed by atoms with van der Waals surface area (Å²) in [6.45, 7) is 1.20. The maximum absolute atomic E-state index is 12.7. The van der Waals surface area contributed by atoms with E-state index in [-0.39, 0.29) is 17.9 Å². The molecule has 0 fully saturated rings. The van der Waals surface area contributed by atoms with Crippen LogP contribution in [0.5, 0.6) is 0 Å². The van der Waals surface area contributed by atoms with E-state index in [1.54, 1.807) is 0 Å². The smallest absolute Gasteiger partial charge is 0.423 e. The van der Waals surface area contributed by atoms with E-state index >= 15 is 0 Å². The van der Waals surface area contributed by atoms with Gasteiger partial charge in [0.1, 0.15) is 5.57 Å². The van der Waals surface area contributed by atoms with Crippen LogP contribution in [0.4, 0.5) is 18.9 Å². The molecular weight excluding hydrogens is 279 g/mol. The summed E-state index contributed by atoms with van der Waals surface area (Å²) in [5, 5.41) is 10.4. The van der Waals surface area contributed by atoms with E-state index in [2.05, 4.69) is 4.74 Å². The van der Waals surface area contributed by atoms with Crippen LogP contribution < -0.4 is 0 Å². The number of nitro benzene ring substituents is 1. The molecule has 0 unspecified atom stereocenters. The Morgan fingerprint density at radius 2 is 1.90 bits per heavy atom. The number of benzene rings is 1. The lowest BCUT2D eigenvalue weighted by Gasteiger charge is -2.10. The molecular formula is C12H10F3NO4. The van der Waals surface area contributed by atoms with Gasteiger partial charge in [0.05, 0.1) is 11.5 Å². The van der Waals surface area contributed by atoms with Crippen molar-refractivity contribution in [3.63, 3.8) is 0 Å². The second-order valence-corrected chi connectivity index (χ2v) is 3.62. The van der Waals surface area contributed by atoms with E-state index in [4.69, 9.17) is 0 Å². The molecule has 8 heteroatoms. The number of halogens is 3. The maximum atomic E-state index is 12.7. The van der Waals surface area contributed by atoms with E-state index in [0.29, 0.717) is 6.08 Å². The Balaban J connectivity index is 3.13. The van der Waals surface area contributed by atoms with Crippen molar-refractivity contribution in [3.8, 4) is 0 Å². The number of carbonyl (C=O) groups is 1. The first-order valence-corrected chi connectivity index (χ1v) is 5.46. The Labute approximate surface area is 111 Å². The molecule has 20 heavy (non-hydrogen) atoms. The molecule has 5 nitrogen and oxygen atoms in total. The number of hydrogen-bond acceptors (Lipinski definition) is 4. The van der Waals surface area contributed by atoms with Crippen LogP contribution in [0.15, 0.2) is 29.8 Å². The normalized spacial score (nSPS) is 12.1. The summed E-state index contributed by atoms with van der Waals surface area (Å²) in [5.74, 6) is -1.49. The van der Waals surface area contributed by atoms with Crippen LogP contribution in [0, 0.1) is 10.1 Å². The van der Waals surface area contributed by atoms with Crippen molar-refractivity contribution in [2.45, 2.75) is 13.1 Å². The lowest BCUT2D eigenvalue weighted by molar-refractivity contribution is -0.384. The first-order valence-electron chi connectivity index (χ1n) is 5.46. The molecule has 0 aromatic heterocycles. The SMILES string of the molecule is CCOC(=O)/C(=C/c1ccc([N+](=O)[O-])cc1)C(F)(F)F. The number of rotatable bonds is 4. The zero-order valence-corrected chi connectivity index (χ0v) is 10.3. The molecule has 0 atom stereocenters. The van der Waals surface area contributed by atoms with Crippen molar-refractivity contribution in [1.29, 1.82) is 0 Å². The minimum absolute atomic E-state index is 0.0102. The van der Waals surface area contributed by atoms with Gasteiger partial charge in [0.25, 0.3) is 5.69 Å². The van der Waals surface area contributed by atoms with E-state index in [0.717, 1.165) is 24.3 Å². The van der Waals surface area contributed by atoms with Crippen LogP contribution in [-0.4, -0.2) is 23.7 Å². The molecule has 0 spiro atoms. The highest BCUT2D eigenvalue weighted by atomic mass is 19.4. The average molecular weight is 289 g/mol. The highest BCUT2D eigenvalue weighted by Crippen LogP contribution is 2.29. The molecule has 1 aromatic rings. The number of ether oxygens (including phenoxy) is 1. The fourth-order valence-electron chi connectivity index (χ4n) is 1.32. The van der Waals surface area contributed by atoms with Gasteiger partial charge in [0.15, 0.2) is 0 Å². The monoisotopic (exact) mass is 289 g/mol. The zero-order valence-electron chi connectivity index (χ0n) is 10.3. The average Bonchev–Trinajstić information content (AvgIpc) is 2.35. The van der Waals surface area contributed by atoms with Gasteiger partial charge >= 0.3 is 12.1 Å². The lowest BCUT2D eigenvalue weighted by Crippen LogP contribution is -2.22. The van der Waals surface area contributed by atoms with E-state index in [1.165, 1.54) is 6.92 Å². The summed E-state index contributed by atoms with van der Waals surface area (Å²) in [5.41, 5.74) is -1.71. The first-order chi connectivity index (χ1) is 9.25. The summed E-state index contributed by atoms with van der Waals surface area (Å²) < 4.78 is 42.5. The van der Waals surface area contributed by atoms with E-state index in [9.17, 15) is 28.1 Å². The molecule has 1 aromatic carbocycles. The molecule has 0 saturated heterocycles. The minimum atomic E-state index is -4.87. The summed E-state index contributed by atoms with van der Waals surface area (Å²) in [4.78, 5) is 21.0. The third kappa shape index (κ3) is 4.08. The number of carbonyl (C=O) groups excluding carboxylic acids is 1. The van der Waals surface area contributed by atoms with Gasteiger partial charge in [-0.1, -0.05) is 0 Å². The van der Waals surface area contributed by atoms with Crippen molar-refractivity contribution in [2.75, 3.05) is 6.61 Å². The van der Waals surface area contributed by atoms with E-state index in [1.807, 2.05) is 0 Å².